The molecule has 2 aromatic heterocycles. The molecule has 7 nitrogen and oxygen atoms in total. The Labute approximate surface area is 192 Å². The van der Waals surface area contributed by atoms with Crippen LogP contribution in [0, 0.1) is 0 Å². The second-order valence-corrected chi connectivity index (χ2v) is 7.76. The first kappa shape index (κ1) is 21.2. The predicted octanol–water partition coefficient (Wildman–Crippen LogP) is 5.71. The van der Waals surface area contributed by atoms with Crippen molar-refractivity contribution in [3.63, 3.8) is 0 Å². The fourth-order valence-corrected chi connectivity index (χ4v) is 3.41. The molecule has 158 valence electrons. The Morgan fingerprint density at radius 1 is 1.06 bits per heavy atom. The topological polar surface area (TPSA) is 82.2 Å². The fourth-order valence-electron chi connectivity index (χ4n) is 2.73. The molecule has 0 aliphatic carbocycles. The van der Waals surface area contributed by atoms with E-state index in [-0.39, 0.29) is 18.3 Å². The molecule has 0 radical (unpaired) electrons. The lowest BCUT2D eigenvalue weighted by Gasteiger charge is -2.06. The van der Waals surface area contributed by atoms with Crippen LogP contribution in [0.3, 0.4) is 0 Å². The second kappa shape index (κ2) is 9.43. The highest BCUT2D eigenvalue weighted by Gasteiger charge is 2.14. The van der Waals surface area contributed by atoms with Gasteiger partial charge in [0.25, 0.3) is 5.91 Å². The minimum absolute atomic E-state index is 0.0984. The first-order valence-electron chi connectivity index (χ1n) is 9.08. The number of amides is 1. The van der Waals surface area contributed by atoms with Crippen molar-refractivity contribution in [3.8, 4) is 5.75 Å². The Kier molecular flexibility index (Phi) is 6.46. The number of anilines is 1. The minimum Gasteiger partial charge on any atom is -0.484 e. The van der Waals surface area contributed by atoms with Crippen LogP contribution in [-0.4, -0.2) is 20.7 Å². The number of carbonyl (C=O) groups is 1. The van der Waals surface area contributed by atoms with E-state index >= 15 is 0 Å². The molecular weight excluding hydrogens is 463 g/mol. The van der Waals surface area contributed by atoms with Crippen LogP contribution in [0.4, 0.5) is 5.95 Å². The van der Waals surface area contributed by atoms with Gasteiger partial charge in [-0.25, -0.2) is 9.67 Å². The maximum atomic E-state index is 12.4. The number of halogens is 3. The van der Waals surface area contributed by atoms with Crippen molar-refractivity contribution in [2.75, 3.05) is 5.32 Å². The predicted molar refractivity (Wildman–Crippen MR) is 118 cm³/mol. The summed E-state index contributed by atoms with van der Waals surface area (Å²) in [7, 11) is 0. The molecule has 4 rings (SSSR count). The van der Waals surface area contributed by atoms with Crippen LogP contribution >= 0.6 is 34.8 Å². The van der Waals surface area contributed by atoms with Crippen LogP contribution in [-0.2, 0) is 13.2 Å². The van der Waals surface area contributed by atoms with Crippen LogP contribution in [0.25, 0.3) is 0 Å². The second-order valence-electron chi connectivity index (χ2n) is 6.48. The molecule has 0 aliphatic rings. The zero-order valence-corrected chi connectivity index (χ0v) is 18.2. The zero-order valence-electron chi connectivity index (χ0n) is 15.9. The summed E-state index contributed by atoms with van der Waals surface area (Å²) in [6.45, 7) is 0.570. The molecule has 2 aromatic carbocycles. The van der Waals surface area contributed by atoms with Crippen molar-refractivity contribution in [2.45, 2.75) is 13.2 Å². The molecule has 0 saturated heterocycles. The van der Waals surface area contributed by atoms with Gasteiger partial charge >= 0.3 is 0 Å². The SMILES string of the molecule is O=C(Nc1ncn(Cc2cccc(Cl)c2)n1)c1ccc(COc2ccc(Cl)cc2Cl)o1. The summed E-state index contributed by atoms with van der Waals surface area (Å²) in [5.74, 6) is 0.705. The molecule has 2 heterocycles. The number of rotatable bonds is 7. The van der Waals surface area contributed by atoms with Gasteiger partial charge in [0.1, 0.15) is 24.4 Å². The highest BCUT2D eigenvalue weighted by atomic mass is 35.5. The van der Waals surface area contributed by atoms with E-state index in [0.717, 1.165) is 5.56 Å². The van der Waals surface area contributed by atoms with E-state index in [2.05, 4.69) is 15.4 Å². The van der Waals surface area contributed by atoms with Gasteiger partial charge in [0.15, 0.2) is 5.76 Å². The molecule has 10 heteroatoms. The average Bonchev–Trinajstić information content (AvgIpc) is 3.37. The zero-order chi connectivity index (χ0) is 21.8. The number of nitrogens with one attached hydrogen (secondary N) is 1. The Bertz CT molecular complexity index is 1220. The number of furan rings is 1. The van der Waals surface area contributed by atoms with Gasteiger partial charge in [0.05, 0.1) is 11.6 Å². The average molecular weight is 478 g/mol. The van der Waals surface area contributed by atoms with Gasteiger partial charge in [-0.15, -0.1) is 5.10 Å². The number of ether oxygens (including phenoxy) is 1. The number of carbonyl (C=O) groups excluding carboxylic acids is 1. The number of nitrogens with zero attached hydrogens (tertiary/aromatic N) is 3. The van der Waals surface area contributed by atoms with E-state index in [1.807, 2.05) is 18.2 Å². The molecule has 0 aliphatic heterocycles. The van der Waals surface area contributed by atoms with E-state index in [1.54, 1.807) is 41.1 Å². The van der Waals surface area contributed by atoms with Gasteiger partial charge in [-0.3, -0.25) is 10.1 Å². The number of aromatic nitrogens is 3. The van der Waals surface area contributed by atoms with Gasteiger partial charge < -0.3 is 9.15 Å². The van der Waals surface area contributed by atoms with Crippen molar-refractivity contribution in [3.05, 3.63) is 93.1 Å². The van der Waals surface area contributed by atoms with Gasteiger partial charge in [-0.1, -0.05) is 46.9 Å². The monoisotopic (exact) mass is 476 g/mol. The third-order valence-corrected chi connectivity index (χ3v) is 4.91. The minimum atomic E-state index is -0.476. The van der Waals surface area contributed by atoms with Crippen LogP contribution in [0.2, 0.25) is 15.1 Å². The summed E-state index contributed by atoms with van der Waals surface area (Å²) in [6, 6.07) is 15.5. The van der Waals surface area contributed by atoms with Crippen molar-refractivity contribution in [2.24, 2.45) is 0 Å². The highest BCUT2D eigenvalue weighted by Crippen LogP contribution is 2.28. The van der Waals surface area contributed by atoms with Crippen molar-refractivity contribution in [1.82, 2.24) is 14.8 Å². The van der Waals surface area contributed by atoms with Crippen molar-refractivity contribution in [1.29, 1.82) is 0 Å². The van der Waals surface area contributed by atoms with Crippen LogP contribution in [0.1, 0.15) is 21.9 Å². The first-order valence-corrected chi connectivity index (χ1v) is 10.2. The lowest BCUT2D eigenvalue weighted by Crippen LogP contribution is -2.12. The van der Waals surface area contributed by atoms with Crippen molar-refractivity contribution >= 4 is 46.7 Å². The van der Waals surface area contributed by atoms with E-state index in [1.165, 1.54) is 6.33 Å². The third-order valence-electron chi connectivity index (χ3n) is 4.14. The smallest absolute Gasteiger partial charge is 0.293 e. The maximum absolute atomic E-state index is 12.4. The maximum Gasteiger partial charge on any atom is 0.293 e. The Morgan fingerprint density at radius 3 is 2.71 bits per heavy atom. The van der Waals surface area contributed by atoms with Crippen molar-refractivity contribution < 1.29 is 13.9 Å². The van der Waals surface area contributed by atoms with Crippen LogP contribution in [0.5, 0.6) is 5.75 Å². The quantitative estimate of drug-likeness (QED) is 0.368. The summed E-state index contributed by atoms with van der Waals surface area (Å²) in [5.41, 5.74) is 0.965. The standard InChI is InChI=1S/C21H15Cl3N4O3/c22-14-3-1-2-13(8-14)10-28-12-25-21(27-28)26-20(29)19-7-5-16(31-19)11-30-18-6-4-15(23)9-17(18)24/h1-9,12H,10-11H2,(H,26,27,29). The first-order chi connectivity index (χ1) is 15.0. The summed E-state index contributed by atoms with van der Waals surface area (Å²) in [6.07, 6.45) is 1.52. The normalized spacial score (nSPS) is 10.8. The number of benzene rings is 2. The molecule has 0 spiro atoms. The number of hydrogen-bond acceptors (Lipinski definition) is 5. The lowest BCUT2D eigenvalue weighted by atomic mass is 10.2. The van der Waals surface area contributed by atoms with Crippen LogP contribution < -0.4 is 10.1 Å². The highest BCUT2D eigenvalue weighted by molar-refractivity contribution is 6.35. The Morgan fingerprint density at radius 2 is 1.90 bits per heavy atom. The van der Waals surface area contributed by atoms with E-state index in [4.69, 9.17) is 44.0 Å². The van der Waals surface area contributed by atoms with Gasteiger partial charge in [0.2, 0.25) is 5.95 Å². The van der Waals surface area contributed by atoms with E-state index < -0.39 is 5.91 Å². The Balaban J connectivity index is 1.34. The van der Waals surface area contributed by atoms with Gasteiger partial charge in [0, 0.05) is 10.0 Å². The fraction of sp³-hybridized carbons (Fsp3) is 0.0952. The molecule has 4 aromatic rings. The van der Waals surface area contributed by atoms with Gasteiger partial charge in [-0.2, -0.15) is 0 Å². The lowest BCUT2D eigenvalue weighted by molar-refractivity contribution is 0.0991. The van der Waals surface area contributed by atoms with E-state index in [9.17, 15) is 4.79 Å². The molecule has 0 bridgehead atoms. The summed E-state index contributed by atoms with van der Waals surface area (Å²) >= 11 is 17.9. The molecule has 31 heavy (non-hydrogen) atoms. The summed E-state index contributed by atoms with van der Waals surface area (Å²) < 4.78 is 12.7. The summed E-state index contributed by atoms with van der Waals surface area (Å²) in [4.78, 5) is 16.5. The van der Waals surface area contributed by atoms with Crippen LogP contribution in [0.15, 0.2) is 65.3 Å². The van der Waals surface area contributed by atoms with Gasteiger partial charge in [-0.05, 0) is 48.0 Å². The molecule has 0 unspecified atom stereocenters. The Hall–Kier alpha value is -3.00. The third kappa shape index (κ3) is 5.58. The summed E-state index contributed by atoms with van der Waals surface area (Å²) in [5, 5.41) is 8.38. The van der Waals surface area contributed by atoms with E-state index in [0.29, 0.717) is 33.1 Å². The molecule has 0 fully saturated rings. The molecule has 1 amide bonds. The largest absolute Gasteiger partial charge is 0.484 e. The molecule has 0 atom stereocenters. The molecular formula is C21H15Cl3N4O3. The number of hydrogen-bond donors (Lipinski definition) is 1. The molecule has 1 N–H and O–H groups in total. The molecule has 0 saturated carbocycles.